The summed E-state index contributed by atoms with van der Waals surface area (Å²) >= 11 is 0. The molecule has 6 nitrogen and oxygen atoms in total. The Balaban J connectivity index is 2.20. The molecule has 0 fully saturated rings. The molecule has 2 unspecified atom stereocenters. The molecule has 21 heavy (non-hydrogen) atoms. The predicted octanol–water partition coefficient (Wildman–Crippen LogP) is 1.09. The van der Waals surface area contributed by atoms with Crippen LogP contribution in [0.4, 0.5) is 0 Å². The number of fused-ring (bicyclic) bond motifs is 1. The number of carbonyl (C=O) groups excluding carboxylic acids is 1. The van der Waals surface area contributed by atoms with E-state index < -0.39 is 29.4 Å². The van der Waals surface area contributed by atoms with E-state index in [0.717, 1.165) is 36.9 Å². The van der Waals surface area contributed by atoms with Crippen molar-refractivity contribution in [2.75, 3.05) is 0 Å². The van der Waals surface area contributed by atoms with E-state index in [4.69, 9.17) is 5.11 Å². The SMILES string of the molecule is CC(NC(=O)c1cc2c([nH]c1=O)CCCC2)C(C)C(=O)O. The Labute approximate surface area is 122 Å². The van der Waals surface area contributed by atoms with Gasteiger partial charge in [-0.25, -0.2) is 0 Å². The molecule has 0 aromatic carbocycles. The average Bonchev–Trinajstić information content (AvgIpc) is 2.45. The molecule has 6 heteroatoms. The van der Waals surface area contributed by atoms with Crippen LogP contribution < -0.4 is 10.9 Å². The van der Waals surface area contributed by atoms with Crippen LogP contribution in [0.3, 0.4) is 0 Å². The first kappa shape index (κ1) is 15.3. The van der Waals surface area contributed by atoms with E-state index in [2.05, 4.69) is 10.3 Å². The van der Waals surface area contributed by atoms with Crippen molar-refractivity contribution in [3.63, 3.8) is 0 Å². The molecule has 3 N–H and O–H groups in total. The first-order valence-corrected chi connectivity index (χ1v) is 7.19. The molecule has 2 rings (SSSR count). The maximum absolute atomic E-state index is 12.2. The van der Waals surface area contributed by atoms with Crippen molar-refractivity contribution in [2.45, 2.75) is 45.6 Å². The van der Waals surface area contributed by atoms with Gasteiger partial charge < -0.3 is 15.4 Å². The van der Waals surface area contributed by atoms with Crippen molar-refractivity contribution in [3.8, 4) is 0 Å². The monoisotopic (exact) mass is 292 g/mol. The number of aromatic amines is 1. The molecule has 114 valence electrons. The molecule has 2 atom stereocenters. The van der Waals surface area contributed by atoms with Gasteiger partial charge >= 0.3 is 5.97 Å². The molecule has 1 aromatic rings. The molecular weight excluding hydrogens is 272 g/mol. The third kappa shape index (κ3) is 3.32. The van der Waals surface area contributed by atoms with E-state index in [0.29, 0.717) is 0 Å². The minimum Gasteiger partial charge on any atom is -0.481 e. The summed E-state index contributed by atoms with van der Waals surface area (Å²) in [6.07, 6.45) is 3.78. The van der Waals surface area contributed by atoms with Crippen LogP contribution in [0.1, 0.15) is 48.3 Å². The second-order valence-corrected chi connectivity index (χ2v) is 5.61. The van der Waals surface area contributed by atoms with Crippen LogP contribution >= 0.6 is 0 Å². The van der Waals surface area contributed by atoms with Gasteiger partial charge in [0.05, 0.1) is 5.92 Å². The van der Waals surface area contributed by atoms with E-state index in [1.807, 2.05) is 0 Å². The highest BCUT2D eigenvalue weighted by molar-refractivity contribution is 5.94. The van der Waals surface area contributed by atoms with Gasteiger partial charge in [0.15, 0.2) is 0 Å². The molecular formula is C15H20N2O4. The molecule has 1 aliphatic carbocycles. The van der Waals surface area contributed by atoms with Gasteiger partial charge in [0.2, 0.25) is 0 Å². The first-order valence-electron chi connectivity index (χ1n) is 7.19. The van der Waals surface area contributed by atoms with Crippen molar-refractivity contribution in [2.24, 2.45) is 5.92 Å². The lowest BCUT2D eigenvalue weighted by Gasteiger charge is -2.19. The Morgan fingerprint density at radius 2 is 1.95 bits per heavy atom. The number of hydrogen-bond donors (Lipinski definition) is 3. The van der Waals surface area contributed by atoms with Gasteiger partial charge in [-0.15, -0.1) is 0 Å². The Hall–Kier alpha value is -2.11. The average molecular weight is 292 g/mol. The molecule has 0 saturated heterocycles. The Bertz CT molecular complexity index is 621. The fraction of sp³-hybridized carbons (Fsp3) is 0.533. The van der Waals surface area contributed by atoms with Gasteiger partial charge in [-0.3, -0.25) is 14.4 Å². The second-order valence-electron chi connectivity index (χ2n) is 5.61. The van der Waals surface area contributed by atoms with Gasteiger partial charge in [-0.05, 0) is 51.2 Å². The summed E-state index contributed by atoms with van der Waals surface area (Å²) in [5.41, 5.74) is 1.56. The van der Waals surface area contributed by atoms with Gasteiger partial charge in [0.1, 0.15) is 5.56 Å². The van der Waals surface area contributed by atoms with Gasteiger partial charge in [-0.1, -0.05) is 0 Å². The van der Waals surface area contributed by atoms with Gasteiger partial charge in [0.25, 0.3) is 11.5 Å². The Morgan fingerprint density at radius 3 is 2.62 bits per heavy atom. The highest BCUT2D eigenvalue weighted by atomic mass is 16.4. The van der Waals surface area contributed by atoms with Crippen LogP contribution in [0.25, 0.3) is 0 Å². The van der Waals surface area contributed by atoms with Gasteiger partial charge in [-0.2, -0.15) is 0 Å². The second kappa shape index (κ2) is 6.11. The molecule has 0 spiro atoms. The number of H-pyrrole nitrogens is 1. The van der Waals surface area contributed by atoms with Crippen LogP contribution in [-0.2, 0) is 17.6 Å². The summed E-state index contributed by atoms with van der Waals surface area (Å²) in [7, 11) is 0. The highest BCUT2D eigenvalue weighted by Crippen LogP contribution is 2.18. The van der Waals surface area contributed by atoms with E-state index in [-0.39, 0.29) is 5.56 Å². The van der Waals surface area contributed by atoms with E-state index in [9.17, 15) is 14.4 Å². The molecule has 0 radical (unpaired) electrons. The van der Waals surface area contributed by atoms with Crippen molar-refractivity contribution >= 4 is 11.9 Å². The number of nitrogens with one attached hydrogen (secondary N) is 2. The third-order valence-electron chi connectivity index (χ3n) is 4.08. The van der Waals surface area contributed by atoms with Crippen LogP contribution in [0.5, 0.6) is 0 Å². The lowest BCUT2D eigenvalue weighted by Crippen LogP contribution is -2.42. The standard InChI is InChI=1S/C15H20N2O4/c1-8(15(20)21)9(2)16-13(18)11-7-10-5-3-4-6-12(10)17-14(11)19/h7-9H,3-6H2,1-2H3,(H,16,18)(H,17,19)(H,20,21). The zero-order valence-electron chi connectivity index (χ0n) is 12.2. The Kier molecular flexibility index (Phi) is 4.45. The number of rotatable bonds is 4. The first-order chi connectivity index (χ1) is 9.90. The normalized spacial score (nSPS) is 16.7. The minimum atomic E-state index is -0.984. The number of aryl methyl sites for hydroxylation is 2. The number of hydrogen-bond acceptors (Lipinski definition) is 3. The minimum absolute atomic E-state index is 0.0556. The number of carboxylic acid groups (broad SMARTS) is 1. The van der Waals surface area contributed by atoms with Crippen LogP contribution in [0.2, 0.25) is 0 Å². The molecule has 0 aliphatic heterocycles. The largest absolute Gasteiger partial charge is 0.481 e. The summed E-state index contributed by atoms with van der Waals surface area (Å²) < 4.78 is 0. The summed E-state index contributed by atoms with van der Waals surface area (Å²) in [5, 5.41) is 11.5. The van der Waals surface area contributed by atoms with Crippen LogP contribution in [0.15, 0.2) is 10.9 Å². The summed E-state index contributed by atoms with van der Waals surface area (Å²) in [4.78, 5) is 37.8. The third-order valence-corrected chi connectivity index (χ3v) is 4.08. The topological polar surface area (TPSA) is 99.3 Å². The predicted molar refractivity (Wildman–Crippen MR) is 77.4 cm³/mol. The number of pyridine rings is 1. The highest BCUT2D eigenvalue weighted by Gasteiger charge is 2.23. The number of aliphatic carboxylic acids is 1. The maximum atomic E-state index is 12.2. The molecule has 1 heterocycles. The zero-order chi connectivity index (χ0) is 15.6. The zero-order valence-corrected chi connectivity index (χ0v) is 12.2. The number of carbonyl (C=O) groups is 2. The molecule has 1 amide bonds. The molecule has 0 saturated carbocycles. The van der Waals surface area contributed by atoms with Crippen LogP contribution in [0, 0.1) is 5.92 Å². The summed E-state index contributed by atoms with van der Waals surface area (Å²) in [6.45, 7) is 3.13. The summed E-state index contributed by atoms with van der Waals surface area (Å²) in [5.74, 6) is -2.22. The van der Waals surface area contributed by atoms with E-state index in [1.165, 1.54) is 6.92 Å². The van der Waals surface area contributed by atoms with E-state index >= 15 is 0 Å². The summed E-state index contributed by atoms with van der Waals surface area (Å²) in [6, 6.07) is 1.09. The fourth-order valence-corrected chi connectivity index (χ4v) is 2.47. The van der Waals surface area contributed by atoms with Crippen LogP contribution in [-0.4, -0.2) is 28.0 Å². The number of aromatic nitrogens is 1. The van der Waals surface area contributed by atoms with Crippen molar-refractivity contribution < 1.29 is 14.7 Å². The van der Waals surface area contributed by atoms with Crippen molar-refractivity contribution in [1.82, 2.24) is 10.3 Å². The van der Waals surface area contributed by atoms with E-state index in [1.54, 1.807) is 13.0 Å². The molecule has 1 aromatic heterocycles. The molecule has 0 bridgehead atoms. The lowest BCUT2D eigenvalue weighted by molar-refractivity contribution is -0.141. The van der Waals surface area contributed by atoms with Crippen molar-refractivity contribution in [1.29, 1.82) is 0 Å². The fourth-order valence-electron chi connectivity index (χ4n) is 2.47. The van der Waals surface area contributed by atoms with Crippen molar-refractivity contribution in [3.05, 3.63) is 33.2 Å². The maximum Gasteiger partial charge on any atom is 0.308 e. The Morgan fingerprint density at radius 1 is 1.29 bits per heavy atom. The smallest absolute Gasteiger partial charge is 0.308 e. The quantitative estimate of drug-likeness (QED) is 0.773. The number of amides is 1. The lowest BCUT2D eigenvalue weighted by atomic mass is 9.95. The van der Waals surface area contributed by atoms with Gasteiger partial charge in [0, 0.05) is 11.7 Å². The molecule has 1 aliphatic rings. The number of carboxylic acids is 1.